The van der Waals surface area contributed by atoms with Gasteiger partial charge in [0.05, 0.1) is 6.61 Å². The lowest BCUT2D eigenvalue weighted by Gasteiger charge is -2.21. The first-order chi connectivity index (χ1) is 6.15. The minimum absolute atomic E-state index is 0.110. The van der Waals surface area contributed by atoms with E-state index in [1.54, 1.807) is 26.1 Å². The molecule has 0 saturated carbocycles. The Bertz CT molecular complexity index is 182. The van der Waals surface area contributed by atoms with Crippen LogP contribution in [0.3, 0.4) is 0 Å². The number of carbonyl (C=O) groups excluding carboxylic acids is 1. The molecular formula is C9H18N2O2. The summed E-state index contributed by atoms with van der Waals surface area (Å²) in [5.74, 6) is 0.522. The fraction of sp³-hybridized carbons (Fsp3) is 0.889. The normalized spacial score (nSPS) is 22.1. The fourth-order valence-electron chi connectivity index (χ4n) is 1.66. The minimum atomic E-state index is 0.110. The van der Waals surface area contributed by atoms with Gasteiger partial charge in [-0.25, -0.2) is 4.79 Å². The van der Waals surface area contributed by atoms with Crippen LogP contribution >= 0.6 is 0 Å². The summed E-state index contributed by atoms with van der Waals surface area (Å²) < 4.78 is 5.06. The second kappa shape index (κ2) is 4.46. The summed E-state index contributed by atoms with van der Waals surface area (Å²) in [6, 6.07) is 0.110. The zero-order chi connectivity index (χ0) is 9.84. The highest BCUT2D eigenvalue weighted by Crippen LogP contribution is 2.16. The summed E-state index contributed by atoms with van der Waals surface area (Å²) >= 11 is 0. The second-order valence-corrected chi connectivity index (χ2v) is 3.73. The van der Waals surface area contributed by atoms with Crippen molar-refractivity contribution < 1.29 is 9.53 Å². The monoisotopic (exact) mass is 186 g/mol. The molecule has 13 heavy (non-hydrogen) atoms. The first kappa shape index (κ1) is 10.3. The molecule has 1 heterocycles. The molecule has 1 rings (SSSR count). The van der Waals surface area contributed by atoms with Crippen molar-refractivity contribution in [1.29, 1.82) is 0 Å². The number of methoxy groups -OCH3 is 1. The summed E-state index contributed by atoms with van der Waals surface area (Å²) in [6.45, 7) is 2.47. The van der Waals surface area contributed by atoms with Crippen molar-refractivity contribution in [3.05, 3.63) is 0 Å². The molecule has 0 N–H and O–H groups in total. The Morgan fingerprint density at radius 2 is 2.31 bits per heavy atom. The van der Waals surface area contributed by atoms with Crippen molar-refractivity contribution >= 4 is 6.03 Å². The van der Waals surface area contributed by atoms with Crippen molar-refractivity contribution in [1.82, 2.24) is 9.80 Å². The maximum absolute atomic E-state index is 11.5. The van der Waals surface area contributed by atoms with Crippen LogP contribution in [0.25, 0.3) is 0 Å². The first-order valence-corrected chi connectivity index (χ1v) is 4.60. The van der Waals surface area contributed by atoms with Crippen LogP contribution in [0.15, 0.2) is 0 Å². The topological polar surface area (TPSA) is 32.8 Å². The Hall–Kier alpha value is -0.770. The molecule has 76 valence electrons. The summed E-state index contributed by atoms with van der Waals surface area (Å²) in [7, 11) is 5.27. The van der Waals surface area contributed by atoms with Gasteiger partial charge in [0.25, 0.3) is 0 Å². The van der Waals surface area contributed by atoms with Crippen LogP contribution in [-0.2, 0) is 4.74 Å². The third-order valence-corrected chi connectivity index (χ3v) is 2.34. The van der Waals surface area contributed by atoms with Crippen molar-refractivity contribution in [3.63, 3.8) is 0 Å². The molecular weight excluding hydrogens is 168 g/mol. The molecule has 1 saturated heterocycles. The number of urea groups is 1. The Labute approximate surface area is 79.4 Å². The van der Waals surface area contributed by atoms with Gasteiger partial charge in [-0.3, -0.25) is 0 Å². The number of ether oxygens (including phenoxy) is 1. The van der Waals surface area contributed by atoms with E-state index in [-0.39, 0.29) is 6.03 Å². The van der Waals surface area contributed by atoms with E-state index in [2.05, 4.69) is 0 Å². The Balaban J connectivity index is 2.36. The van der Waals surface area contributed by atoms with Crippen LogP contribution in [0.4, 0.5) is 4.79 Å². The molecule has 1 aliphatic rings. The van der Waals surface area contributed by atoms with Crippen LogP contribution < -0.4 is 0 Å². The van der Waals surface area contributed by atoms with Gasteiger partial charge in [-0.2, -0.15) is 0 Å². The molecule has 1 aliphatic heterocycles. The molecule has 0 aliphatic carbocycles. The van der Waals surface area contributed by atoms with E-state index in [1.807, 2.05) is 4.90 Å². The maximum Gasteiger partial charge on any atom is 0.319 e. The Kier molecular flexibility index (Phi) is 3.54. The first-order valence-electron chi connectivity index (χ1n) is 4.60. The third-order valence-electron chi connectivity index (χ3n) is 2.34. The molecule has 0 aromatic carbocycles. The fourth-order valence-corrected chi connectivity index (χ4v) is 1.66. The smallest absolute Gasteiger partial charge is 0.319 e. The molecule has 4 nitrogen and oxygen atoms in total. The Morgan fingerprint density at radius 1 is 1.62 bits per heavy atom. The molecule has 0 spiro atoms. The zero-order valence-electron chi connectivity index (χ0n) is 8.62. The number of hydrogen-bond acceptors (Lipinski definition) is 2. The van der Waals surface area contributed by atoms with E-state index >= 15 is 0 Å². The number of likely N-dealkylation sites (tertiary alicyclic amines) is 1. The highest BCUT2D eigenvalue weighted by molar-refractivity contribution is 5.74. The Morgan fingerprint density at radius 3 is 2.85 bits per heavy atom. The lowest BCUT2D eigenvalue weighted by atomic mass is 10.1. The highest BCUT2D eigenvalue weighted by atomic mass is 16.5. The molecule has 0 unspecified atom stereocenters. The van der Waals surface area contributed by atoms with E-state index in [9.17, 15) is 4.79 Å². The van der Waals surface area contributed by atoms with Gasteiger partial charge in [0, 0.05) is 40.2 Å². The summed E-state index contributed by atoms with van der Waals surface area (Å²) in [5, 5.41) is 0. The number of hydrogen-bond donors (Lipinski definition) is 0. The van der Waals surface area contributed by atoms with Crippen LogP contribution in [0.2, 0.25) is 0 Å². The van der Waals surface area contributed by atoms with E-state index in [1.165, 1.54) is 0 Å². The quantitative estimate of drug-likeness (QED) is 0.634. The van der Waals surface area contributed by atoms with Crippen molar-refractivity contribution in [2.45, 2.75) is 6.42 Å². The van der Waals surface area contributed by atoms with Crippen LogP contribution in [-0.4, -0.2) is 56.7 Å². The van der Waals surface area contributed by atoms with Crippen LogP contribution in [0.1, 0.15) is 6.42 Å². The maximum atomic E-state index is 11.5. The second-order valence-electron chi connectivity index (χ2n) is 3.73. The van der Waals surface area contributed by atoms with Gasteiger partial charge in [-0.05, 0) is 6.42 Å². The summed E-state index contributed by atoms with van der Waals surface area (Å²) in [4.78, 5) is 15.0. The zero-order valence-corrected chi connectivity index (χ0v) is 8.62. The lowest BCUT2D eigenvalue weighted by Crippen LogP contribution is -2.37. The summed E-state index contributed by atoms with van der Waals surface area (Å²) in [5.41, 5.74) is 0. The average molecular weight is 186 g/mol. The van der Waals surface area contributed by atoms with Crippen LogP contribution in [0.5, 0.6) is 0 Å². The van der Waals surface area contributed by atoms with Gasteiger partial charge in [0.15, 0.2) is 0 Å². The molecule has 4 heteroatoms. The minimum Gasteiger partial charge on any atom is -0.384 e. The molecule has 1 fully saturated rings. The molecule has 1 atom stereocenters. The SMILES string of the molecule is COC[C@H]1CCN(C(=O)N(C)C)C1. The van der Waals surface area contributed by atoms with Crippen LogP contribution in [0, 0.1) is 5.92 Å². The lowest BCUT2D eigenvalue weighted by molar-refractivity contribution is 0.149. The number of rotatable bonds is 2. The number of carbonyl (C=O) groups is 1. The standard InChI is InChI=1S/C9H18N2O2/c1-10(2)9(12)11-5-4-8(6-11)7-13-3/h8H,4-7H2,1-3H3/t8-/m0/s1. The van der Waals surface area contributed by atoms with E-state index in [0.29, 0.717) is 5.92 Å². The summed E-state index contributed by atoms with van der Waals surface area (Å²) in [6.07, 6.45) is 1.06. The van der Waals surface area contributed by atoms with Gasteiger partial charge < -0.3 is 14.5 Å². The highest BCUT2D eigenvalue weighted by Gasteiger charge is 2.26. The van der Waals surface area contributed by atoms with Crippen molar-refractivity contribution in [2.24, 2.45) is 5.92 Å². The van der Waals surface area contributed by atoms with Gasteiger partial charge >= 0.3 is 6.03 Å². The van der Waals surface area contributed by atoms with Gasteiger partial charge in [0.2, 0.25) is 0 Å². The van der Waals surface area contributed by atoms with E-state index < -0.39 is 0 Å². The third kappa shape index (κ3) is 2.59. The largest absolute Gasteiger partial charge is 0.384 e. The molecule has 0 bridgehead atoms. The predicted octanol–water partition coefficient (Wildman–Crippen LogP) is 0.636. The number of nitrogens with zero attached hydrogens (tertiary/aromatic N) is 2. The molecule has 0 aromatic rings. The van der Waals surface area contributed by atoms with Gasteiger partial charge in [0.1, 0.15) is 0 Å². The van der Waals surface area contributed by atoms with E-state index in [0.717, 1.165) is 26.1 Å². The molecule has 0 aromatic heterocycles. The average Bonchev–Trinajstić information content (AvgIpc) is 2.52. The molecule has 2 amide bonds. The van der Waals surface area contributed by atoms with E-state index in [4.69, 9.17) is 4.74 Å². The van der Waals surface area contributed by atoms with Crippen molar-refractivity contribution in [2.75, 3.05) is 40.9 Å². The predicted molar refractivity (Wildman–Crippen MR) is 50.6 cm³/mol. The van der Waals surface area contributed by atoms with Gasteiger partial charge in [-0.1, -0.05) is 0 Å². The number of amides is 2. The van der Waals surface area contributed by atoms with Crippen molar-refractivity contribution in [3.8, 4) is 0 Å². The molecule has 0 radical (unpaired) electrons. The van der Waals surface area contributed by atoms with Gasteiger partial charge in [-0.15, -0.1) is 0 Å².